The summed E-state index contributed by atoms with van der Waals surface area (Å²) in [5, 5.41) is 4.35. The van der Waals surface area contributed by atoms with Gasteiger partial charge in [0.1, 0.15) is 21.2 Å². The van der Waals surface area contributed by atoms with Crippen LogP contribution in [-0.2, 0) is 9.84 Å². The van der Waals surface area contributed by atoms with E-state index in [4.69, 9.17) is 4.42 Å². The summed E-state index contributed by atoms with van der Waals surface area (Å²) in [6.45, 7) is 4.81. The van der Waals surface area contributed by atoms with Gasteiger partial charge in [0.2, 0.25) is 0 Å². The normalized spacial score (nSPS) is 13.8. The van der Waals surface area contributed by atoms with E-state index in [-0.39, 0.29) is 11.8 Å². The molecule has 1 aromatic carbocycles. The van der Waals surface area contributed by atoms with Gasteiger partial charge in [0.25, 0.3) is 0 Å². The van der Waals surface area contributed by atoms with Crippen molar-refractivity contribution in [2.45, 2.75) is 26.3 Å². The molecule has 1 unspecified atom stereocenters. The molecule has 0 aliphatic heterocycles. The van der Waals surface area contributed by atoms with E-state index in [0.717, 1.165) is 23.3 Å². The van der Waals surface area contributed by atoms with Crippen LogP contribution in [0.5, 0.6) is 0 Å². The standard InChI is InChI=1S/C15H21NO3S/c1-4-16-13(7-8-20(3,17)18)15-10-12-9-11(2)5-6-14(12)19-15/h5-6,9-10,13,16H,4,7-8H2,1-3H3. The number of hydrogen-bond acceptors (Lipinski definition) is 4. The lowest BCUT2D eigenvalue weighted by atomic mass is 10.1. The Kier molecular flexibility index (Phi) is 4.50. The molecule has 2 aromatic rings. The lowest BCUT2D eigenvalue weighted by Gasteiger charge is -2.14. The van der Waals surface area contributed by atoms with Crippen LogP contribution in [-0.4, -0.2) is 27.0 Å². The molecule has 0 fully saturated rings. The predicted molar refractivity (Wildman–Crippen MR) is 81.7 cm³/mol. The molecular weight excluding hydrogens is 274 g/mol. The Morgan fingerprint density at radius 2 is 2.05 bits per heavy atom. The van der Waals surface area contributed by atoms with E-state index in [1.54, 1.807) is 0 Å². The fourth-order valence-corrected chi connectivity index (χ4v) is 2.94. The van der Waals surface area contributed by atoms with Crippen molar-refractivity contribution >= 4 is 20.8 Å². The van der Waals surface area contributed by atoms with Gasteiger partial charge < -0.3 is 9.73 Å². The topological polar surface area (TPSA) is 59.3 Å². The number of sulfone groups is 1. The van der Waals surface area contributed by atoms with Crippen molar-refractivity contribution < 1.29 is 12.8 Å². The van der Waals surface area contributed by atoms with Gasteiger partial charge in [-0.05, 0) is 38.1 Å². The third-order valence-electron chi connectivity index (χ3n) is 3.26. The molecule has 1 N–H and O–H groups in total. The molecule has 2 rings (SSSR count). The Hall–Kier alpha value is -1.33. The Labute approximate surface area is 120 Å². The largest absolute Gasteiger partial charge is 0.459 e. The van der Waals surface area contributed by atoms with Crippen LogP contribution in [0.3, 0.4) is 0 Å². The van der Waals surface area contributed by atoms with Crippen LogP contribution in [0, 0.1) is 6.92 Å². The second-order valence-corrected chi connectivity index (χ2v) is 7.48. The molecule has 5 heteroatoms. The minimum atomic E-state index is -2.96. The van der Waals surface area contributed by atoms with Crippen LogP contribution in [0.2, 0.25) is 0 Å². The van der Waals surface area contributed by atoms with E-state index in [9.17, 15) is 8.42 Å². The lowest BCUT2D eigenvalue weighted by molar-refractivity contribution is 0.428. The molecule has 4 nitrogen and oxygen atoms in total. The fourth-order valence-electron chi connectivity index (χ4n) is 2.28. The smallest absolute Gasteiger partial charge is 0.147 e. The van der Waals surface area contributed by atoms with Crippen molar-refractivity contribution in [3.8, 4) is 0 Å². The van der Waals surface area contributed by atoms with Gasteiger partial charge in [-0.15, -0.1) is 0 Å². The van der Waals surface area contributed by atoms with Crippen LogP contribution < -0.4 is 5.32 Å². The van der Waals surface area contributed by atoms with Crippen LogP contribution in [0.1, 0.15) is 30.7 Å². The first-order valence-electron chi connectivity index (χ1n) is 6.80. The maximum Gasteiger partial charge on any atom is 0.147 e. The highest BCUT2D eigenvalue weighted by molar-refractivity contribution is 7.90. The van der Waals surface area contributed by atoms with Gasteiger partial charge in [-0.3, -0.25) is 0 Å². The van der Waals surface area contributed by atoms with Crippen LogP contribution >= 0.6 is 0 Å². The summed E-state index contributed by atoms with van der Waals surface area (Å²) in [4.78, 5) is 0. The zero-order valence-corrected chi connectivity index (χ0v) is 13.0. The molecule has 1 aromatic heterocycles. The number of fused-ring (bicyclic) bond motifs is 1. The van der Waals surface area contributed by atoms with Crippen molar-refractivity contribution in [3.63, 3.8) is 0 Å². The Morgan fingerprint density at radius 3 is 2.70 bits per heavy atom. The summed E-state index contributed by atoms with van der Waals surface area (Å²) in [5.41, 5.74) is 2.02. The number of nitrogens with one attached hydrogen (secondary N) is 1. The monoisotopic (exact) mass is 295 g/mol. The van der Waals surface area contributed by atoms with E-state index >= 15 is 0 Å². The molecule has 0 radical (unpaired) electrons. The molecule has 0 saturated heterocycles. The molecule has 0 amide bonds. The van der Waals surface area contributed by atoms with Gasteiger partial charge in [0.15, 0.2) is 0 Å². The van der Waals surface area contributed by atoms with Gasteiger partial charge in [-0.25, -0.2) is 8.42 Å². The lowest BCUT2D eigenvalue weighted by Crippen LogP contribution is -2.23. The molecule has 1 atom stereocenters. The van der Waals surface area contributed by atoms with Crippen LogP contribution in [0.25, 0.3) is 11.0 Å². The van der Waals surface area contributed by atoms with Crippen molar-refractivity contribution in [1.82, 2.24) is 5.32 Å². The highest BCUT2D eigenvalue weighted by Crippen LogP contribution is 2.26. The molecule has 20 heavy (non-hydrogen) atoms. The Bertz CT molecular complexity index is 688. The van der Waals surface area contributed by atoms with E-state index in [1.165, 1.54) is 11.8 Å². The summed E-state index contributed by atoms with van der Waals surface area (Å²) in [6, 6.07) is 7.96. The van der Waals surface area contributed by atoms with Gasteiger partial charge >= 0.3 is 0 Å². The second kappa shape index (κ2) is 5.97. The molecule has 0 aliphatic carbocycles. The summed E-state index contributed by atoms with van der Waals surface area (Å²) in [7, 11) is -2.96. The van der Waals surface area contributed by atoms with E-state index in [2.05, 4.69) is 11.4 Å². The van der Waals surface area contributed by atoms with Crippen LogP contribution in [0.15, 0.2) is 28.7 Å². The molecular formula is C15H21NO3S. The van der Waals surface area contributed by atoms with E-state index in [1.807, 2.05) is 32.0 Å². The fraction of sp³-hybridized carbons (Fsp3) is 0.467. The summed E-state index contributed by atoms with van der Waals surface area (Å²) >= 11 is 0. The first-order valence-corrected chi connectivity index (χ1v) is 8.86. The second-order valence-electron chi connectivity index (χ2n) is 5.22. The predicted octanol–water partition coefficient (Wildman–Crippen LogP) is 2.83. The van der Waals surface area contributed by atoms with Crippen molar-refractivity contribution in [1.29, 1.82) is 0 Å². The molecule has 110 valence electrons. The molecule has 0 aliphatic rings. The first-order chi connectivity index (χ1) is 9.39. The van der Waals surface area contributed by atoms with E-state index in [0.29, 0.717) is 6.42 Å². The highest BCUT2D eigenvalue weighted by atomic mass is 32.2. The molecule has 0 spiro atoms. The van der Waals surface area contributed by atoms with Gasteiger partial charge in [-0.2, -0.15) is 0 Å². The quantitative estimate of drug-likeness (QED) is 0.890. The maximum absolute atomic E-state index is 11.3. The summed E-state index contributed by atoms with van der Waals surface area (Å²) < 4.78 is 28.5. The van der Waals surface area contributed by atoms with Crippen LogP contribution in [0.4, 0.5) is 0 Å². The zero-order valence-electron chi connectivity index (χ0n) is 12.1. The maximum atomic E-state index is 11.3. The minimum absolute atomic E-state index is 0.0672. The average molecular weight is 295 g/mol. The Morgan fingerprint density at radius 1 is 1.30 bits per heavy atom. The third kappa shape index (κ3) is 3.84. The van der Waals surface area contributed by atoms with Crippen molar-refractivity contribution in [2.75, 3.05) is 18.6 Å². The number of aryl methyl sites for hydroxylation is 1. The molecule has 0 bridgehead atoms. The highest BCUT2D eigenvalue weighted by Gasteiger charge is 2.17. The number of hydrogen-bond donors (Lipinski definition) is 1. The molecule has 0 saturated carbocycles. The number of rotatable bonds is 6. The summed E-state index contributed by atoms with van der Waals surface area (Å²) in [5.74, 6) is 0.955. The first kappa shape index (κ1) is 15.1. The summed E-state index contributed by atoms with van der Waals surface area (Å²) in [6.07, 6.45) is 1.78. The minimum Gasteiger partial charge on any atom is -0.459 e. The van der Waals surface area contributed by atoms with Gasteiger partial charge in [0, 0.05) is 11.6 Å². The Balaban J connectivity index is 2.26. The third-order valence-corrected chi connectivity index (χ3v) is 4.24. The number of benzene rings is 1. The number of furan rings is 1. The van der Waals surface area contributed by atoms with E-state index < -0.39 is 9.84 Å². The SMILES string of the molecule is CCNC(CCS(C)(=O)=O)c1cc2cc(C)ccc2o1. The van der Waals surface area contributed by atoms with Gasteiger partial charge in [0.05, 0.1) is 11.8 Å². The van der Waals surface area contributed by atoms with Gasteiger partial charge in [-0.1, -0.05) is 18.6 Å². The average Bonchev–Trinajstić information content (AvgIpc) is 2.75. The zero-order chi connectivity index (χ0) is 14.8. The van der Waals surface area contributed by atoms with Crippen molar-refractivity contribution in [3.05, 3.63) is 35.6 Å². The van der Waals surface area contributed by atoms with Crippen molar-refractivity contribution in [2.24, 2.45) is 0 Å². The molecule has 1 heterocycles.